The van der Waals surface area contributed by atoms with E-state index in [9.17, 15) is 4.79 Å². The number of aromatic nitrogens is 1. The third-order valence-electron chi connectivity index (χ3n) is 3.52. The van der Waals surface area contributed by atoms with Crippen molar-refractivity contribution in [1.29, 1.82) is 0 Å². The smallest absolute Gasteiger partial charge is 0.225 e. The number of carbonyl (C=O) groups excluding carboxylic acids is 1. The van der Waals surface area contributed by atoms with Crippen molar-refractivity contribution in [3.63, 3.8) is 0 Å². The van der Waals surface area contributed by atoms with E-state index in [0.29, 0.717) is 24.0 Å². The topological polar surface area (TPSA) is 60.9 Å². The van der Waals surface area contributed by atoms with Crippen LogP contribution in [0.3, 0.4) is 0 Å². The van der Waals surface area contributed by atoms with E-state index in [2.05, 4.69) is 4.98 Å². The molecule has 0 saturated carbocycles. The lowest BCUT2D eigenvalue weighted by molar-refractivity contribution is -0.116. The summed E-state index contributed by atoms with van der Waals surface area (Å²) in [6.07, 6.45) is 0.757. The zero-order valence-corrected chi connectivity index (χ0v) is 15.2. The van der Waals surface area contributed by atoms with Crippen LogP contribution in [0.15, 0.2) is 23.6 Å². The number of hydrogen-bond donors (Lipinski definition) is 0. The Bertz CT molecular complexity index is 687. The third kappa shape index (κ3) is 4.24. The van der Waals surface area contributed by atoms with Crippen LogP contribution in [-0.2, 0) is 9.53 Å². The van der Waals surface area contributed by atoms with Crippen molar-refractivity contribution in [2.24, 2.45) is 0 Å². The summed E-state index contributed by atoms with van der Waals surface area (Å²) in [4.78, 5) is 18.2. The van der Waals surface area contributed by atoms with Gasteiger partial charge in [0.05, 0.1) is 19.9 Å². The molecule has 0 spiro atoms. The highest BCUT2D eigenvalue weighted by molar-refractivity contribution is 7.14. The summed E-state index contributed by atoms with van der Waals surface area (Å²) in [7, 11) is 4.88. The van der Waals surface area contributed by atoms with Crippen molar-refractivity contribution in [3.8, 4) is 22.8 Å². The van der Waals surface area contributed by atoms with E-state index in [1.54, 1.807) is 33.2 Å². The highest BCUT2D eigenvalue weighted by atomic mass is 32.1. The quantitative estimate of drug-likeness (QED) is 0.684. The van der Waals surface area contributed by atoms with Gasteiger partial charge in [-0.25, -0.2) is 4.98 Å². The van der Waals surface area contributed by atoms with E-state index in [0.717, 1.165) is 23.4 Å². The van der Waals surface area contributed by atoms with Crippen molar-refractivity contribution in [2.75, 3.05) is 39.4 Å². The molecule has 0 fully saturated rings. The van der Waals surface area contributed by atoms with Crippen LogP contribution in [0.1, 0.15) is 13.3 Å². The van der Waals surface area contributed by atoms with Gasteiger partial charge in [-0.2, -0.15) is 0 Å². The first-order valence-corrected chi connectivity index (χ1v) is 8.43. The third-order valence-corrected chi connectivity index (χ3v) is 4.38. The fourth-order valence-electron chi connectivity index (χ4n) is 2.28. The average Bonchev–Trinajstić information content (AvgIpc) is 3.07. The second kappa shape index (κ2) is 8.65. The zero-order chi connectivity index (χ0) is 17.5. The largest absolute Gasteiger partial charge is 0.497 e. The number of rotatable bonds is 8. The van der Waals surface area contributed by atoms with Crippen LogP contribution in [-0.4, -0.2) is 45.4 Å². The highest BCUT2D eigenvalue weighted by Crippen LogP contribution is 2.35. The number of anilines is 1. The number of methoxy groups -OCH3 is 3. The van der Waals surface area contributed by atoms with Crippen LogP contribution in [0, 0.1) is 0 Å². The number of nitrogens with zero attached hydrogens (tertiary/aromatic N) is 2. The molecule has 0 radical (unpaired) electrons. The SMILES string of the molecule is COCCCN(C(C)=O)c1nc(-c2cc(OC)ccc2OC)cs1. The molecule has 2 aromatic rings. The maximum atomic E-state index is 11.9. The molecule has 0 N–H and O–H groups in total. The summed E-state index contributed by atoms with van der Waals surface area (Å²) in [6, 6.07) is 5.55. The molecule has 0 unspecified atom stereocenters. The average molecular weight is 350 g/mol. The number of ether oxygens (including phenoxy) is 3. The Balaban J connectivity index is 2.30. The van der Waals surface area contributed by atoms with Crippen LogP contribution in [0.25, 0.3) is 11.3 Å². The lowest BCUT2D eigenvalue weighted by Crippen LogP contribution is -2.30. The van der Waals surface area contributed by atoms with Gasteiger partial charge in [0.1, 0.15) is 11.5 Å². The van der Waals surface area contributed by atoms with Gasteiger partial charge in [-0.3, -0.25) is 9.69 Å². The van der Waals surface area contributed by atoms with Crippen molar-refractivity contribution in [2.45, 2.75) is 13.3 Å². The molecule has 1 amide bonds. The molecule has 2 rings (SSSR count). The van der Waals surface area contributed by atoms with E-state index < -0.39 is 0 Å². The Morgan fingerprint density at radius 2 is 2.04 bits per heavy atom. The fraction of sp³-hybridized carbons (Fsp3) is 0.412. The Labute approximate surface area is 146 Å². The van der Waals surface area contributed by atoms with Gasteiger partial charge in [0, 0.05) is 38.1 Å². The van der Waals surface area contributed by atoms with Gasteiger partial charge >= 0.3 is 0 Å². The van der Waals surface area contributed by atoms with Crippen LogP contribution < -0.4 is 14.4 Å². The Hall–Kier alpha value is -2.12. The fourth-order valence-corrected chi connectivity index (χ4v) is 3.18. The van der Waals surface area contributed by atoms with E-state index in [1.165, 1.54) is 11.3 Å². The second-order valence-corrected chi connectivity index (χ2v) is 5.94. The summed E-state index contributed by atoms with van der Waals surface area (Å²) in [5, 5.41) is 2.58. The summed E-state index contributed by atoms with van der Waals surface area (Å²) >= 11 is 1.43. The minimum absolute atomic E-state index is 0.0374. The molecule has 7 heteroatoms. The van der Waals surface area contributed by atoms with Crippen LogP contribution in [0.4, 0.5) is 5.13 Å². The molecule has 1 aromatic heterocycles. The Morgan fingerprint density at radius 1 is 1.25 bits per heavy atom. The molecule has 0 aliphatic heterocycles. The standard InChI is InChI=1S/C17H22N2O4S/c1-12(20)19(8-5-9-21-2)17-18-15(11-24-17)14-10-13(22-3)6-7-16(14)23-4/h6-7,10-11H,5,8-9H2,1-4H3. The molecule has 0 aliphatic carbocycles. The minimum Gasteiger partial charge on any atom is -0.497 e. The Kier molecular flexibility index (Phi) is 6.57. The highest BCUT2D eigenvalue weighted by Gasteiger charge is 2.17. The Morgan fingerprint density at radius 3 is 2.67 bits per heavy atom. The molecule has 130 valence electrons. The van der Waals surface area contributed by atoms with Gasteiger partial charge in [-0.15, -0.1) is 11.3 Å². The molecule has 1 heterocycles. The predicted molar refractivity (Wildman–Crippen MR) is 95.2 cm³/mol. The van der Waals surface area contributed by atoms with E-state index in [1.807, 2.05) is 23.6 Å². The second-order valence-electron chi connectivity index (χ2n) is 5.10. The van der Waals surface area contributed by atoms with E-state index in [-0.39, 0.29) is 5.91 Å². The number of thiazole rings is 1. The van der Waals surface area contributed by atoms with Gasteiger partial charge in [-0.05, 0) is 24.6 Å². The summed E-state index contributed by atoms with van der Waals surface area (Å²) in [5.41, 5.74) is 1.59. The molecule has 6 nitrogen and oxygen atoms in total. The zero-order valence-electron chi connectivity index (χ0n) is 14.4. The minimum atomic E-state index is -0.0374. The van der Waals surface area contributed by atoms with Gasteiger partial charge in [0.25, 0.3) is 0 Å². The number of hydrogen-bond acceptors (Lipinski definition) is 6. The first kappa shape index (κ1) is 18.2. The number of carbonyl (C=O) groups is 1. The molecule has 1 aromatic carbocycles. The van der Waals surface area contributed by atoms with Crippen LogP contribution >= 0.6 is 11.3 Å². The molecular formula is C17H22N2O4S. The lowest BCUT2D eigenvalue weighted by atomic mass is 10.1. The van der Waals surface area contributed by atoms with Crippen LogP contribution in [0.5, 0.6) is 11.5 Å². The number of amides is 1. The van der Waals surface area contributed by atoms with Crippen molar-refractivity contribution in [3.05, 3.63) is 23.6 Å². The molecule has 24 heavy (non-hydrogen) atoms. The van der Waals surface area contributed by atoms with Gasteiger partial charge < -0.3 is 14.2 Å². The predicted octanol–water partition coefficient (Wildman–Crippen LogP) is 3.22. The summed E-state index contributed by atoms with van der Waals surface area (Å²) in [5.74, 6) is 1.40. The maximum absolute atomic E-state index is 11.9. The lowest BCUT2D eigenvalue weighted by Gasteiger charge is -2.17. The van der Waals surface area contributed by atoms with Crippen molar-refractivity contribution in [1.82, 2.24) is 4.98 Å². The van der Waals surface area contributed by atoms with Crippen molar-refractivity contribution < 1.29 is 19.0 Å². The van der Waals surface area contributed by atoms with Crippen LogP contribution in [0.2, 0.25) is 0 Å². The number of benzene rings is 1. The van der Waals surface area contributed by atoms with E-state index >= 15 is 0 Å². The molecular weight excluding hydrogens is 328 g/mol. The molecule has 0 saturated heterocycles. The van der Waals surface area contributed by atoms with E-state index in [4.69, 9.17) is 14.2 Å². The van der Waals surface area contributed by atoms with Gasteiger partial charge in [0.15, 0.2) is 5.13 Å². The molecule has 0 bridgehead atoms. The monoisotopic (exact) mass is 350 g/mol. The molecule has 0 atom stereocenters. The van der Waals surface area contributed by atoms with Crippen molar-refractivity contribution >= 4 is 22.4 Å². The maximum Gasteiger partial charge on any atom is 0.225 e. The summed E-state index contributed by atoms with van der Waals surface area (Å²) < 4.78 is 15.7. The molecule has 0 aliphatic rings. The van der Waals surface area contributed by atoms with Gasteiger partial charge in [-0.1, -0.05) is 0 Å². The first-order chi connectivity index (χ1) is 11.6. The summed E-state index contributed by atoms with van der Waals surface area (Å²) in [6.45, 7) is 2.72. The normalized spacial score (nSPS) is 10.5. The first-order valence-electron chi connectivity index (χ1n) is 7.55. The van der Waals surface area contributed by atoms with Gasteiger partial charge in [0.2, 0.25) is 5.91 Å².